The lowest BCUT2D eigenvalue weighted by Gasteiger charge is -2.38. The molecule has 2 atom stereocenters. The van der Waals surface area contributed by atoms with Crippen molar-refractivity contribution in [3.05, 3.63) is 35.4 Å². The second-order valence-electron chi connectivity index (χ2n) is 5.04. The average molecular weight is 283 g/mol. The van der Waals surface area contributed by atoms with Crippen molar-refractivity contribution in [1.82, 2.24) is 4.90 Å². The summed E-state index contributed by atoms with van der Waals surface area (Å²) in [4.78, 5) is 14.5. The fraction of sp³-hybridized carbons (Fsp3) is 0.533. The molecule has 1 fully saturated rings. The summed E-state index contributed by atoms with van der Waals surface area (Å²) in [6.45, 7) is 5.71. The van der Waals surface area contributed by atoms with Crippen LogP contribution in [-0.2, 0) is 4.74 Å². The number of rotatable bonds is 4. The zero-order valence-electron chi connectivity index (χ0n) is 11.7. The quantitative estimate of drug-likeness (QED) is 0.796. The third kappa shape index (κ3) is 3.04. The van der Waals surface area contributed by atoms with E-state index < -0.39 is 11.6 Å². The summed E-state index contributed by atoms with van der Waals surface area (Å²) in [7, 11) is 0. The summed E-state index contributed by atoms with van der Waals surface area (Å²) >= 11 is 0. The van der Waals surface area contributed by atoms with Gasteiger partial charge in [-0.1, -0.05) is 6.92 Å². The molecule has 0 aliphatic carbocycles. The minimum Gasteiger partial charge on any atom is -0.378 e. The monoisotopic (exact) mass is 283 g/mol. The topological polar surface area (TPSA) is 29.5 Å². The molecule has 5 heteroatoms. The standard InChI is InChI=1S/C15H19F2NO2/c1-3-12-9-20-7-6-18(12)10(2)15(19)11-4-5-13(16)14(17)8-11/h4-5,8,10,12H,3,6-7,9H2,1-2H3. The maximum atomic E-state index is 13.2. The van der Waals surface area contributed by atoms with Crippen LogP contribution in [0.25, 0.3) is 0 Å². The van der Waals surface area contributed by atoms with Crippen LogP contribution in [0.3, 0.4) is 0 Å². The van der Waals surface area contributed by atoms with Crippen molar-refractivity contribution < 1.29 is 18.3 Å². The van der Waals surface area contributed by atoms with E-state index >= 15 is 0 Å². The Bertz CT molecular complexity index is 493. The van der Waals surface area contributed by atoms with Crippen LogP contribution in [0.1, 0.15) is 30.6 Å². The number of carbonyl (C=O) groups is 1. The Balaban J connectivity index is 2.16. The fourth-order valence-corrected chi connectivity index (χ4v) is 2.57. The lowest BCUT2D eigenvalue weighted by molar-refractivity contribution is -0.0221. The lowest BCUT2D eigenvalue weighted by Crippen LogP contribution is -2.52. The second-order valence-corrected chi connectivity index (χ2v) is 5.04. The number of morpholine rings is 1. The van der Waals surface area contributed by atoms with Crippen molar-refractivity contribution in [2.45, 2.75) is 32.4 Å². The van der Waals surface area contributed by atoms with Crippen molar-refractivity contribution in [2.75, 3.05) is 19.8 Å². The summed E-state index contributed by atoms with van der Waals surface area (Å²) in [5, 5.41) is 0. The smallest absolute Gasteiger partial charge is 0.179 e. The average Bonchev–Trinajstić information content (AvgIpc) is 2.48. The van der Waals surface area contributed by atoms with Crippen LogP contribution >= 0.6 is 0 Å². The number of carbonyl (C=O) groups excluding carboxylic acids is 1. The summed E-state index contributed by atoms with van der Waals surface area (Å²) in [6.07, 6.45) is 0.884. The van der Waals surface area contributed by atoms with Crippen LogP contribution in [0.15, 0.2) is 18.2 Å². The number of Topliss-reactive ketones (excluding diaryl/α,β-unsaturated/α-hetero) is 1. The molecule has 0 bridgehead atoms. The molecule has 110 valence electrons. The van der Waals surface area contributed by atoms with Crippen LogP contribution in [0.5, 0.6) is 0 Å². The molecule has 0 N–H and O–H groups in total. The zero-order valence-corrected chi connectivity index (χ0v) is 11.7. The first-order valence-corrected chi connectivity index (χ1v) is 6.87. The van der Waals surface area contributed by atoms with E-state index in [4.69, 9.17) is 4.74 Å². The van der Waals surface area contributed by atoms with Crippen LogP contribution in [0, 0.1) is 11.6 Å². The Morgan fingerprint density at radius 1 is 1.45 bits per heavy atom. The van der Waals surface area contributed by atoms with Gasteiger partial charge in [0, 0.05) is 18.2 Å². The minimum atomic E-state index is -0.989. The van der Waals surface area contributed by atoms with E-state index in [1.54, 1.807) is 6.92 Å². The molecule has 0 aromatic heterocycles. The van der Waals surface area contributed by atoms with E-state index in [-0.39, 0.29) is 23.4 Å². The third-order valence-electron chi connectivity index (χ3n) is 3.83. The Hall–Kier alpha value is -1.33. The van der Waals surface area contributed by atoms with Gasteiger partial charge in [-0.25, -0.2) is 8.78 Å². The van der Waals surface area contributed by atoms with E-state index in [1.165, 1.54) is 6.07 Å². The first-order chi connectivity index (χ1) is 9.54. The third-order valence-corrected chi connectivity index (χ3v) is 3.83. The summed E-state index contributed by atoms with van der Waals surface area (Å²) in [6, 6.07) is 3.11. The summed E-state index contributed by atoms with van der Waals surface area (Å²) < 4.78 is 31.6. The molecule has 1 aromatic rings. The van der Waals surface area contributed by atoms with E-state index in [0.717, 1.165) is 18.6 Å². The van der Waals surface area contributed by atoms with Gasteiger partial charge in [0.2, 0.25) is 0 Å². The molecule has 1 aromatic carbocycles. The van der Waals surface area contributed by atoms with Gasteiger partial charge in [-0.3, -0.25) is 9.69 Å². The number of nitrogens with zero attached hydrogens (tertiary/aromatic N) is 1. The molecule has 1 saturated heterocycles. The molecule has 2 rings (SSSR count). The van der Waals surface area contributed by atoms with Gasteiger partial charge in [0.05, 0.1) is 19.3 Å². The number of ketones is 1. The highest BCUT2D eigenvalue weighted by atomic mass is 19.2. The highest BCUT2D eigenvalue weighted by Gasteiger charge is 2.30. The largest absolute Gasteiger partial charge is 0.378 e. The molecule has 1 aliphatic rings. The Morgan fingerprint density at radius 2 is 2.20 bits per heavy atom. The van der Waals surface area contributed by atoms with E-state index in [1.807, 2.05) is 6.92 Å². The van der Waals surface area contributed by atoms with Crippen molar-refractivity contribution in [3.63, 3.8) is 0 Å². The van der Waals surface area contributed by atoms with Crippen LogP contribution < -0.4 is 0 Å². The molecule has 0 spiro atoms. The van der Waals surface area contributed by atoms with Crippen molar-refractivity contribution in [1.29, 1.82) is 0 Å². The predicted molar refractivity (Wildman–Crippen MR) is 71.8 cm³/mol. The number of hydrogen-bond acceptors (Lipinski definition) is 3. The highest BCUT2D eigenvalue weighted by molar-refractivity contribution is 5.99. The molecule has 1 aliphatic heterocycles. The first kappa shape index (κ1) is 15.1. The molecule has 0 radical (unpaired) electrons. The zero-order chi connectivity index (χ0) is 14.7. The number of ether oxygens (including phenoxy) is 1. The lowest BCUT2D eigenvalue weighted by atomic mass is 10.0. The van der Waals surface area contributed by atoms with Crippen LogP contribution in [0.4, 0.5) is 8.78 Å². The van der Waals surface area contributed by atoms with Gasteiger partial charge in [-0.05, 0) is 31.5 Å². The molecule has 20 heavy (non-hydrogen) atoms. The van der Waals surface area contributed by atoms with Crippen molar-refractivity contribution >= 4 is 5.78 Å². The summed E-state index contributed by atoms with van der Waals surface area (Å²) in [5.41, 5.74) is 0.206. The molecular weight excluding hydrogens is 264 g/mol. The molecule has 2 unspecified atom stereocenters. The van der Waals surface area contributed by atoms with Crippen LogP contribution in [-0.4, -0.2) is 42.5 Å². The Kier molecular flexibility index (Phi) is 4.83. The number of benzene rings is 1. The minimum absolute atomic E-state index is 0.188. The SMILES string of the molecule is CCC1COCCN1C(C)C(=O)c1ccc(F)c(F)c1. The van der Waals surface area contributed by atoms with Crippen molar-refractivity contribution in [2.24, 2.45) is 0 Å². The van der Waals surface area contributed by atoms with E-state index in [9.17, 15) is 13.6 Å². The van der Waals surface area contributed by atoms with Crippen LogP contribution in [0.2, 0.25) is 0 Å². The van der Waals surface area contributed by atoms with Gasteiger partial charge in [-0.15, -0.1) is 0 Å². The number of hydrogen-bond donors (Lipinski definition) is 0. The highest BCUT2D eigenvalue weighted by Crippen LogP contribution is 2.18. The van der Waals surface area contributed by atoms with E-state index in [0.29, 0.717) is 19.8 Å². The van der Waals surface area contributed by atoms with E-state index in [2.05, 4.69) is 4.90 Å². The van der Waals surface area contributed by atoms with Gasteiger partial charge in [0.1, 0.15) is 0 Å². The van der Waals surface area contributed by atoms with Gasteiger partial charge >= 0.3 is 0 Å². The van der Waals surface area contributed by atoms with Gasteiger partial charge in [0.15, 0.2) is 17.4 Å². The maximum Gasteiger partial charge on any atom is 0.179 e. The van der Waals surface area contributed by atoms with Gasteiger partial charge in [0.25, 0.3) is 0 Å². The molecule has 1 heterocycles. The van der Waals surface area contributed by atoms with Crippen molar-refractivity contribution in [3.8, 4) is 0 Å². The normalized spacial score (nSPS) is 21.7. The number of halogens is 2. The summed E-state index contributed by atoms with van der Waals surface area (Å²) in [5.74, 6) is -2.12. The fourth-order valence-electron chi connectivity index (χ4n) is 2.57. The second kappa shape index (κ2) is 6.41. The Labute approximate surface area is 117 Å². The van der Waals surface area contributed by atoms with Gasteiger partial charge in [-0.2, -0.15) is 0 Å². The molecular formula is C15H19F2NO2. The molecule has 0 saturated carbocycles. The Morgan fingerprint density at radius 3 is 2.85 bits per heavy atom. The predicted octanol–water partition coefficient (Wildman–Crippen LogP) is 2.65. The maximum absolute atomic E-state index is 13.2. The first-order valence-electron chi connectivity index (χ1n) is 6.87. The van der Waals surface area contributed by atoms with Gasteiger partial charge < -0.3 is 4.74 Å². The molecule has 3 nitrogen and oxygen atoms in total. The molecule has 0 amide bonds.